The first-order valence-corrected chi connectivity index (χ1v) is 9.16. The van der Waals surface area contributed by atoms with E-state index in [9.17, 15) is 18.0 Å². The first-order valence-electron chi connectivity index (χ1n) is 8.78. The minimum Gasteiger partial charge on any atom is -0.383 e. The van der Waals surface area contributed by atoms with Gasteiger partial charge in [0.1, 0.15) is 5.82 Å². The number of anilines is 3. The summed E-state index contributed by atoms with van der Waals surface area (Å²) in [5.74, 6) is -0.372. The first-order chi connectivity index (χ1) is 14.1. The number of rotatable bonds is 5. The standard InChI is InChI=1S/C20H17ClF3N5O/c21-13-6-4-11(5-7-13)17-15(28-19(26)29-18(17)25)8-9-16(30)27-14-3-1-2-12(10-14)20(22,23)24/h1-7,10H,8-9H2,(H,27,30)(H4,25,26,28,29). The lowest BCUT2D eigenvalue weighted by molar-refractivity contribution is -0.137. The molecule has 0 saturated carbocycles. The molecule has 0 spiro atoms. The number of carbonyl (C=O) groups excluding carboxylic acids is 1. The maximum atomic E-state index is 12.8. The van der Waals surface area contributed by atoms with Crippen molar-refractivity contribution in [2.45, 2.75) is 19.0 Å². The summed E-state index contributed by atoms with van der Waals surface area (Å²) in [6, 6.07) is 11.2. The van der Waals surface area contributed by atoms with Gasteiger partial charge in [-0.15, -0.1) is 0 Å². The summed E-state index contributed by atoms with van der Waals surface area (Å²) >= 11 is 5.92. The lowest BCUT2D eigenvalue weighted by atomic mass is 10.0. The second-order valence-corrected chi connectivity index (χ2v) is 6.86. The highest BCUT2D eigenvalue weighted by atomic mass is 35.5. The Labute approximate surface area is 175 Å². The van der Waals surface area contributed by atoms with Crippen molar-refractivity contribution in [3.8, 4) is 11.1 Å². The molecule has 0 fully saturated rings. The van der Waals surface area contributed by atoms with Gasteiger partial charge < -0.3 is 16.8 Å². The number of carbonyl (C=O) groups is 1. The van der Waals surface area contributed by atoms with E-state index in [0.29, 0.717) is 21.8 Å². The normalized spacial score (nSPS) is 11.3. The molecule has 1 amide bonds. The zero-order valence-corrected chi connectivity index (χ0v) is 16.3. The van der Waals surface area contributed by atoms with Gasteiger partial charge in [0.25, 0.3) is 0 Å². The molecular formula is C20H17ClF3N5O. The van der Waals surface area contributed by atoms with Crippen LogP contribution in [0.4, 0.5) is 30.6 Å². The van der Waals surface area contributed by atoms with Crippen LogP contribution in [0.25, 0.3) is 11.1 Å². The smallest absolute Gasteiger partial charge is 0.383 e. The molecular weight excluding hydrogens is 419 g/mol. The predicted octanol–water partition coefficient (Wildman–Crippen LogP) is 4.55. The lowest BCUT2D eigenvalue weighted by Crippen LogP contribution is -2.15. The third kappa shape index (κ3) is 5.18. The van der Waals surface area contributed by atoms with Gasteiger partial charge in [0.2, 0.25) is 11.9 Å². The van der Waals surface area contributed by atoms with Crippen LogP contribution in [-0.4, -0.2) is 15.9 Å². The fraction of sp³-hybridized carbons (Fsp3) is 0.150. The monoisotopic (exact) mass is 435 g/mol. The minimum atomic E-state index is -4.50. The van der Waals surface area contributed by atoms with Crippen LogP contribution in [0.5, 0.6) is 0 Å². The van der Waals surface area contributed by atoms with Crippen LogP contribution in [0, 0.1) is 0 Å². The van der Waals surface area contributed by atoms with E-state index in [1.54, 1.807) is 24.3 Å². The van der Waals surface area contributed by atoms with Crippen molar-refractivity contribution < 1.29 is 18.0 Å². The molecule has 0 bridgehead atoms. The number of hydrogen-bond acceptors (Lipinski definition) is 5. The number of nitrogen functional groups attached to an aromatic ring is 2. The van der Waals surface area contributed by atoms with E-state index in [0.717, 1.165) is 12.1 Å². The molecule has 3 rings (SSSR count). The van der Waals surface area contributed by atoms with Gasteiger partial charge in [0.15, 0.2) is 0 Å². The SMILES string of the molecule is Nc1nc(N)c(-c2ccc(Cl)cc2)c(CCC(=O)Nc2cccc(C(F)(F)F)c2)n1. The molecule has 0 aliphatic rings. The van der Waals surface area contributed by atoms with Gasteiger partial charge in [-0.2, -0.15) is 18.2 Å². The molecule has 0 aliphatic heterocycles. The van der Waals surface area contributed by atoms with Crippen molar-refractivity contribution in [2.24, 2.45) is 0 Å². The molecule has 30 heavy (non-hydrogen) atoms. The zero-order valence-electron chi connectivity index (χ0n) is 15.5. The summed E-state index contributed by atoms with van der Waals surface area (Å²) in [6.07, 6.45) is -4.39. The van der Waals surface area contributed by atoms with Gasteiger partial charge in [-0.3, -0.25) is 4.79 Å². The highest BCUT2D eigenvalue weighted by Gasteiger charge is 2.30. The number of aromatic nitrogens is 2. The van der Waals surface area contributed by atoms with Gasteiger partial charge in [0, 0.05) is 22.7 Å². The molecule has 1 aromatic heterocycles. The molecule has 6 nitrogen and oxygen atoms in total. The van der Waals surface area contributed by atoms with Crippen LogP contribution in [0.1, 0.15) is 17.7 Å². The number of benzene rings is 2. The number of alkyl halides is 3. The lowest BCUT2D eigenvalue weighted by Gasteiger charge is -2.13. The zero-order chi connectivity index (χ0) is 21.9. The van der Waals surface area contributed by atoms with E-state index in [4.69, 9.17) is 23.1 Å². The fourth-order valence-corrected chi connectivity index (χ4v) is 3.01. The maximum Gasteiger partial charge on any atom is 0.416 e. The molecule has 2 aromatic carbocycles. The topological polar surface area (TPSA) is 107 Å². The Morgan fingerprint density at radius 2 is 1.77 bits per heavy atom. The average Bonchev–Trinajstić information content (AvgIpc) is 2.66. The number of hydrogen-bond donors (Lipinski definition) is 3. The molecule has 10 heteroatoms. The van der Waals surface area contributed by atoms with Gasteiger partial charge in [-0.1, -0.05) is 29.8 Å². The third-order valence-electron chi connectivity index (χ3n) is 4.22. The Morgan fingerprint density at radius 3 is 2.43 bits per heavy atom. The maximum absolute atomic E-state index is 12.8. The Kier molecular flexibility index (Phi) is 6.12. The van der Waals surface area contributed by atoms with E-state index < -0.39 is 17.6 Å². The van der Waals surface area contributed by atoms with Crippen LogP contribution < -0.4 is 16.8 Å². The van der Waals surface area contributed by atoms with Gasteiger partial charge in [0.05, 0.1) is 11.3 Å². The Morgan fingerprint density at radius 1 is 1.07 bits per heavy atom. The predicted molar refractivity (Wildman–Crippen MR) is 110 cm³/mol. The van der Waals surface area contributed by atoms with Gasteiger partial charge in [-0.05, 0) is 42.3 Å². The number of nitrogens with two attached hydrogens (primary N) is 2. The van der Waals surface area contributed by atoms with Crippen LogP contribution in [0.15, 0.2) is 48.5 Å². The summed E-state index contributed by atoms with van der Waals surface area (Å²) in [4.78, 5) is 20.4. The van der Waals surface area contributed by atoms with Crippen molar-refractivity contribution in [1.29, 1.82) is 0 Å². The highest BCUT2D eigenvalue weighted by molar-refractivity contribution is 6.30. The highest BCUT2D eigenvalue weighted by Crippen LogP contribution is 2.31. The van der Waals surface area contributed by atoms with Crippen LogP contribution in [0.3, 0.4) is 0 Å². The molecule has 5 N–H and O–H groups in total. The summed E-state index contributed by atoms with van der Waals surface area (Å²) in [5.41, 5.74) is 12.6. The van der Waals surface area contributed by atoms with Crippen molar-refractivity contribution in [3.63, 3.8) is 0 Å². The molecule has 0 atom stereocenters. The number of amides is 1. The number of nitrogens with one attached hydrogen (secondary N) is 1. The third-order valence-corrected chi connectivity index (χ3v) is 4.48. The summed E-state index contributed by atoms with van der Waals surface area (Å²) < 4.78 is 38.5. The number of nitrogens with zero attached hydrogens (tertiary/aromatic N) is 2. The molecule has 3 aromatic rings. The van der Waals surface area contributed by atoms with Crippen molar-refractivity contribution in [1.82, 2.24) is 9.97 Å². The quantitative estimate of drug-likeness (QED) is 0.545. The first kappa shape index (κ1) is 21.4. The van der Waals surface area contributed by atoms with Crippen LogP contribution in [0.2, 0.25) is 5.02 Å². The molecule has 0 saturated heterocycles. The second kappa shape index (κ2) is 8.58. The summed E-state index contributed by atoms with van der Waals surface area (Å²) in [5, 5.41) is 3.00. The van der Waals surface area contributed by atoms with E-state index >= 15 is 0 Å². The van der Waals surface area contributed by atoms with Crippen molar-refractivity contribution in [3.05, 3.63) is 64.8 Å². The number of halogens is 4. The van der Waals surface area contributed by atoms with Crippen LogP contribution in [-0.2, 0) is 17.4 Å². The van der Waals surface area contributed by atoms with E-state index in [-0.39, 0.29) is 30.3 Å². The fourth-order valence-electron chi connectivity index (χ4n) is 2.89. The average molecular weight is 436 g/mol. The minimum absolute atomic E-state index is 0.0431. The Hall–Kier alpha value is -3.33. The van der Waals surface area contributed by atoms with E-state index in [1.165, 1.54) is 12.1 Å². The largest absolute Gasteiger partial charge is 0.416 e. The van der Waals surface area contributed by atoms with Crippen molar-refractivity contribution >= 4 is 35.0 Å². The Bertz CT molecular complexity index is 1070. The van der Waals surface area contributed by atoms with E-state index in [1.807, 2.05) is 0 Å². The molecule has 0 unspecified atom stereocenters. The van der Waals surface area contributed by atoms with Gasteiger partial charge in [-0.25, -0.2) is 4.98 Å². The Balaban J connectivity index is 1.77. The van der Waals surface area contributed by atoms with Gasteiger partial charge >= 0.3 is 6.18 Å². The molecule has 0 radical (unpaired) electrons. The molecule has 1 heterocycles. The second-order valence-electron chi connectivity index (χ2n) is 6.42. The molecule has 0 aliphatic carbocycles. The van der Waals surface area contributed by atoms with Crippen molar-refractivity contribution in [2.75, 3.05) is 16.8 Å². The summed E-state index contributed by atoms with van der Waals surface area (Å²) in [7, 11) is 0. The summed E-state index contributed by atoms with van der Waals surface area (Å²) in [6.45, 7) is 0. The van der Waals surface area contributed by atoms with Crippen LogP contribution >= 0.6 is 11.6 Å². The number of aryl methyl sites for hydroxylation is 1. The van der Waals surface area contributed by atoms with E-state index in [2.05, 4.69) is 15.3 Å². The molecule has 156 valence electrons.